The van der Waals surface area contributed by atoms with Crippen molar-refractivity contribution < 1.29 is 23.7 Å². The van der Waals surface area contributed by atoms with Crippen molar-refractivity contribution >= 4 is 22.8 Å². The van der Waals surface area contributed by atoms with Gasteiger partial charge in [0, 0.05) is 50.8 Å². The number of ether oxygens (including phenoxy) is 4. The van der Waals surface area contributed by atoms with E-state index in [1.807, 2.05) is 27.0 Å². The maximum atomic E-state index is 12.7. The molecule has 6 rings (SSSR count). The van der Waals surface area contributed by atoms with E-state index in [-0.39, 0.29) is 12.3 Å². The van der Waals surface area contributed by atoms with Crippen molar-refractivity contribution in [1.82, 2.24) is 24.6 Å². The molecule has 2 atom stereocenters. The number of methoxy groups -OCH3 is 1. The summed E-state index contributed by atoms with van der Waals surface area (Å²) in [5.41, 5.74) is 5.46. The first kappa shape index (κ1) is 30.6. The first-order chi connectivity index (χ1) is 21.2. The summed E-state index contributed by atoms with van der Waals surface area (Å²) in [7, 11) is 1.66. The number of hydrogen-bond donors (Lipinski definition) is 0. The van der Waals surface area contributed by atoms with Crippen LogP contribution in [0.15, 0.2) is 18.3 Å². The Bertz CT molecular complexity index is 1470. The molecule has 0 saturated carbocycles. The largest absolute Gasteiger partial charge is 0.461 e. The first-order valence-corrected chi connectivity index (χ1v) is 16.0. The maximum absolute atomic E-state index is 12.7. The molecule has 0 radical (unpaired) electrons. The standard InChI is InChI=1S/C33H46N6O5/c1-22-9-12-27-25(21-34-39(27)28-8-6-7-17-42-28)29(22)23-10-11-24-26(20-23)35-31(43-19-18-41-5)36-30(24)37-13-15-38(16-14-37)32(40)44-33(2,3)4/h9,12,21,23,28H,6-8,10-11,13-20H2,1-5H3. The van der Waals surface area contributed by atoms with E-state index in [1.165, 1.54) is 22.1 Å². The summed E-state index contributed by atoms with van der Waals surface area (Å²) in [6.07, 6.45) is 7.70. The molecule has 3 aromatic rings. The quantitative estimate of drug-likeness (QED) is 0.336. The number of anilines is 1. The number of carbonyl (C=O) groups excluding carboxylic acids is 1. The van der Waals surface area contributed by atoms with Crippen molar-refractivity contribution in [2.45, 2.75) is 84.0 Å². The Morgan fingerprint density at radius 3 is 2.61 bits per heavy atom. The lowest BCUT2D eigenvalue weighted by molar-refractivity contribution is -0.0366. The van der Waals surface area contributed by atoms with E-state index >= 15 is 0 Å². The molecular formula is C33H46N6O5. The van der Waals surface area contributed by atoms with Gasteiger partial charge in [0.1, 0.15) is 18.0 Å². The van der Waals surface area contributed by atoms with Gasteiger partial charge >= 0.3 is 12.1 Å². The van der Waals surface area contributed by atoms with E-state index in [9.17, 15) is 4.79 Å². The number of rotatable bonds is 7. The number of carbonyl (C=O) groups is 1. The number of aryl methyl sites for hydroxylation is 1. The van der Waals surface area contributed by atoms with Gasteiger partial charge in [0.2, 0.25) is 0 Å². The van der Waals surface area contributed by atoms with Crippen LogP contribution in [0, 0.1) is 6.92 Å². The Labute approximate surface area is 259 Å². The number of piperazine rings is 1. The molecule has 11 nitrogen and oxygen atoms in total. The number of amides is 1. The van der Waals surface area contributed by atoms with Crippen LogP contribution >= 0.6 is 0 Å². The highest BCUT2D eigenvalue weighted by molar-refractivity contribution is 5.84. The summed E-state index contributed by atoms with van der Waals surface area (Å²) in [5, 5.41) is 6.03. The molecule has 0 spiro atoms. The highest BCUT2D eigenvalue weighted by atomic mass is 16.6. The normalized spacial score (nSPS) is 20.9. The van der Waals surface area contributed by atoms with Gasteiger partial charge in [-0.25, -0.2) is 9.48 Å². The third-order valence-electron chi connectivity index (χ3n) is 8.86. The van der Waals surface area contributed by atoms with Gasteiger partial charge in [0.15, 0.2) is 6.23 Å². The molecule has 11 heteroatoms. The Morgan fingerprint density at radius 2 is 1.89 bits per heavy atom. The van der Waals surface area contributed by atoms with E-state index < -0.39 is 5.60 Å². The lowest BCUT2D eigenvalue weighted by atomic mass is 9.79. The van der Waals surface area contributed by atoms with Crippen LogP contribution in [0.5, 0.6) is 6.01 Å². The molecule has 2 aliphatic heterocycles. The molecule has 2 fully saturated rings. The van der Waals surface area contributed by atoms with E-state index in [2.05, 4.69) is 28.6 Å². The highest BCUT2D eigenvalue weighted by Crippen LogP contribution is 2.41. The Balaban J connectivity index is 1.27. The van der Waals surface area contributed by atoms with Crippen LogP contribution < -0.4 is 9.64 Å². The zero-order valence-corrected chi connectivity index (χ0v) is 26.8. The number of hydrogen-bond acceptors (Lipinski definition) is 9. The summed E-state index contributed by atoms with van der Waals surface area (Å²) in [5.74, 6) is 1.22. The summed E-state index contributed by atoms with van der Waals surface area (Å²) >= 11 is 0. The van der Waals surface area contributed by atoms with Crippen molar-refractivity contribution in [2.24, 2.45) is 0 Å². The average molecular weight is 607 g/mol. The van der Waals surface area contributed by atoms with E-state index in [0.29, 0.717) is 51.3 Å². The molecule has 0 bridgehead atoms. The molecule has 0 N–H and O–H groups in total. The van der Waals surface area contributed by atoms with Gasteiger partial charge in [-0.3, -0.25) is 0 Å². The molecule has 1 aromatic carbocycles. The van der Waals surface area contributed by atoms with E-state index in [1.54, 1.807) is 12.0 Å². The Hall–Kier alpha value is -3.44. The van der Waals surface area contributed by atoms with Crippen molar-refractivity contribution in [3.8, 4) is 6.01 Å². The molecule has 44 heavy (non-hydrogen) atoms. The molecule has 2 saturated heterocycles. The van der Waals surface area contributed by atoms with Gasteiger partial charge < -0.3 is 28.7 Å². The third kappa shape index (κ3) is 6.49. The van der Waals surface area contributed by atoms with E-state index in [4.69, 9.17) is 34.0 Å². The molecule has 1 amide bonds. The maximum Gasteiger partial charge on any atom is 0.410 e. The van der Waals surface area contributed by atoms with Crippen LogP contribution in [0.2, 0.25) is 0 Å². The molecule has 238 valence electrons. The van der Waals surface area contributed by atoms with Gasteiger partial charge in [0.05, 0.1) is 24.0 Å². The lowest BCUT2D eigenvalue weighted by Crippen LogP contribution is -2.50. The first-order valence-electron chi connectivity index (χ1n) is 16.0. The van der Waals surface area contributed by atoms with Gasteiger partial charge in [-0.15, -0.1) is 0 Å². The number of fused-ring (bicyclic) bond motifs is 2. The summed E-state index contributed by atoms with van der Waals surface area (Å²) < 4.78 is 25.0. The predicted octanol–water partition coefficient (Wildman–Crippen LogP) is 5.19. The number of aromatic nitrogens is 4. The van der Waals surface area contributed by atoms with Crippen LogP contribution in [0.3, 0.4) is 0 Å². The predicted molar refractivity (Wildman–Crippen MR) is 167 cm³/mol. The van der Waals surface area contributed by atoms with E-state index in [0.717, 1.165) is 62.2 Å². The molecule has 1 aliphatic carbocycles. The average Bonchev–Trinajstić information content (AvgIpc) is 3.44. The smallest absolute Gasteiger partial charge is 0.410 e. The highest BCUT2D eigenvalue weighted by Gasteiger charge is 2.32. The fraction of sp³-hybridized carbons (Fsp3) is 0.636. The molecule has 3 aliphatic rings. The van der Waals surface area contributed by atoms with Crippen LogP contribution in [0.25, 0.3) is 10.9 Å². The van der Waals surface area contributed by atoms with Crippen molar-refractivity contribution in [2.75, 3.05) is 58.0 Å². The molecule has 2 aromatic heterocycles. The third-order valence-corrected chi connectivity index (χ3v) is 8.86. The SMILES string of the molecule is COCCOc1nc2c(c(N3CCN(C(=O)OC(C)(C)C)CC3)n1)CCC(c1c(C)ccc3c1cnn3C1CCCCO1)C2. The second-order valence-corrected chi connectivity index (χ2v) is 13.1. The van der Waals surface area contributed by atoms with Crippen molar-refractivity contribution in [3.63, 3.8) is 0 Å². The van der Waals surface area contributed by atoms with Gasteiger partial charge in [-0.1, -0.05) is 6.07 Å². The minimum absolute atomic E-state index is 0.00165. The number of nitrogens with zero attached hydrogens (tertiary/aromatic N) is 6. The van der Waals surface area contributed by atoms with Crippen molar-refractivity contribution in [1.29, 1.82) is 0 Å². The summed E-state index contributed by atoms with van der Waals surface area (Å²) in [6.45, 7) is 12.0. The lowest BCUT2D eigenvalue weighted by Gasteiger charge is -2.38. The van der Waals surface area contributed by atoms with Gasteiger partial charge in [-0.05, 0) is 89.3 Å². The zero-order chi connectivity index (χ0) is 30.8. The van der Waals surface area contributed by atoms with Crippen molar-refractivity contribution in [3.05, 3.63) is 40.7 Å². The zero-order valence-electron chi connectivity index (χ0n) is 26.8. The summed E-state index contributed by atoms with van der Waals surface area (Å²) in [4.78, 5) is 26.6. The number of benzene rings is 1. The van der Waals surface area contributed by atoms with Crippen LogP contribution in [0.1, 0.15) is 81.0 Å². The minimum atomic E-state index is -0.518. The second-order valence-electron chi connectivity index (χ2n) is 13.1. The fourth-order valence-corrected chi connectivity index (χ4v) is 6.73. The molecule has 2 unspecified atom stereocenters. The monoisotopic (exact) mass is 606 g/mol. The van der Waals surface area contributed by atoms with Crippen LogP contribution in [-0.4, -0.2) is 89.5 Å². The van der Waals surface area contributed by atoms with Gasteiger partial charge in [0.25, 0.3) is 0 Å². The Kier molecular flexibility index (Phi) is 8.96. The van der Waals surface area contributed by atoms with Gasteiger partial charge in [-0.2, -0.15) is 15.1 Å². The van der Waals surface area contributed by atoms with Crippen LogP contribution in [0.4, 0.5) is 10.6 Å². The second kappa shape index (κ2) is 12.9. The summed E-state index contributed by atoms with van der Waals surface area (Å²) in [6, 6.07) is 4.79. The minimum Gasteiger partial charge on any atom is -0.461 e. The molecular weight excluding hydrogens is 560 g/mol. The molecule has 4 heterocycles. The van der Waals surface area contributed by atoms with Crippen LogP contribution in [-0.2, 0) is 27.1 Å². The fourth-order valence-electron chi connectivity index (χ4n) is 6.73. The topological polar surface area (TPSA) is 104 Å². The Morgan fingerprint density at radius 1 is 1.07 bits per heavy atom.